The van der Waals surface area contributed by atoms with Crippen LogP contribution in [-0.2, 0) is 0 Å². The van der Waals surface area contributed by atoms with Crippen LogP contribution in [0, 0.1) is 13.8 Å². The number of hydrogen-bond acceptors (Lipinski definition) is 5. The highest BCUT2D eigenvalue weighted by molar-refractivity contribution is 5.82. The first-order valence-corrected chi connectivity index (χ1v) is 3.90. The van der Waals surface area contributed by atoms with Gasteiger partial charge in [-0.2, -0.15) is 5.10 Å². The number of aryl methyl sites for hydroxylation is 2. The van der Waals surface area contributed by atoms with Crippen LogP contribution >= 0.6 is 0 Å². The number of fused-ring (bicyclic) bond motifs is 1. The van der Waals surface area contributed by atoms with Crippen LogP contribution in [0.25, 0.3) is 11.2 Å². The van der Waals surface area contributed by atoms with Gasteiger partial charge in [0.2, 0.25) is 5.65 Å². The molecule has 0 fully saturated rings. The van der Waals surface area contributed by atoms with Gasteiger partial charge in [-0.25, -0.2) is 9.97 Å². The molecule has 5 nitrogen and oxygen atoms in total. The third-order valence-corrected chi connectivity index (χ3v) is 1.91. The molecule has 0 aromatic carbocycles. The molecule has 5 heteroatoms. The largest absolute Gasteiger partial charge is 0.396 e. The van der Waals surface area contributed by atoms with Gasteiger partial charge in [-0.15, -0.1) is 5.10 Å². The second-order valence-electron chi connectivity index (χ2n) is 2.87. The Hall–Kier alpha value is -1.78. The van der Waals surface area contributed by atoms with Crippen LogP contribution in [-0.4, -0.2) is 20.2 Å². The fourth-order valence-electron chi connectivity index (χ4n) is 1.06. The standard InChI is InChI=1S/C8H9N5/c1-4-5(2)12-8-7(11-4)6(9)3-10-13-8/h3H,1-2H3,(H2,9,12,13). The van der Waals surface area contributed by atoms with E-state index in [9.17, 15) is 0 Å². The molecule has 0 spiro atoms. The molecule has 2 rings (SSSR count). The Kier molecular flexibility index (Phi) is 1.58. The molecule has 0 bridgehead atoms. The summed E-state index contributed by atoms with van der Waals surface area (Å²) in [6, 6.07) is 0. The summed E-state index contributed by atoms with van der Waals surface area (Å²) in [5.41, 5.74) is 9.03. The monoisotopic (exact) mass is 175 g/mol. The molecule has 66 valence electrons. The minimum atomic E-state index is 0.503. The summed E-state index contributed by atoms with van der Waals surface area (Å²) in [6.07, 6.45) is 1.48. The number of hydrogen-bond donors (Lipinski definition) is 1. The van der Waals surface area contributed by atoms with E-state index in [-0.39, 0.29) is 0 Å². The smallest absolute Gasteiger partial charge is 0.202 e. The van der Waals surface area contributed by atoms with Gasteiger partial charge < -0.3 is 5.73 Å². The highest BCUT2D eigenvalue weighted by atomic mass is 15.1. The van der Waals surface area contributed by atoms with E-state index in [1.165, 1.54) is 6.20 Å². The molecule has 2 aromatic heterocycles. The highest BCUT2D eigenvalue weighted by Gasteiger charge is 2.05. The molecule has 0 radical (unpaired) electrons. The molecular weight excluding hydrogens is 166 g/mol. The lowest BCUT2D eigenvalue weighted by Gasteiger charge is -2.01. The van der Waals surface area contributed by atoms with Gasteiger partial charge in [0, 0.05) is 0 Å². The number of aromatic nitrogens is 4. The summed E-state index contributed by atoms with van der Waals surface area (Å²) in [6.45, 7) is 3.77. The second-order valence-corrected chi connectivity index (χ2v) is 2.87. The van der Waals surface area contributed by atoms with E-state index in [1.807, 2.05) is 13.8 Å². The molecule has 0 saturated carbocycles. The van der Waals surface area contributed by atoms with Crippen LogP contribution in [0.2, 0.25) is 0 Å². The predicted octanol–water partition coefficient (Wildman–Crippen LogP) is 0.619. The van der Waals surface area contributed by atoms with Crippen molar-refractivity contribution >= 4 is 16.9 Å². The van der Waals surface area contributed by atoms with Crippen LogP contribution in [0.3, 0.4) is 0 Å². The van der Waals surface area contributed by atoms with Crippen molar-refractivity contribution < 1.29 is 0 Å². The maximum Gasteiger partial charge on any atom is 0.202 e. The van der Waals surface area contributed by atoms with Crippen molar-refractivity contribution in [3.05, 3.63) is 17.6 Å². The topological polar surface area (TPSA) is 77.6 Å². The Bertz CT molecular complexity index is 465. The van der Waals surface area contributed by atoms with Gasteiger partial charge >= 0.3 is 0 Å². The molecule has 2 N–H and O–H groups in total. The normalized spacial score (nSPS) is 10.6. The third-order valence-electron chi connectivity index (χ3n) is 1.91. The van der Waals surface area contributed by atoms with Gasteiger partial charge in [-0.3, -0.25) is 0 Å². The minimum Gasteiger partial charge on any atom is -0.396 e. The minimum absolute atomic E-state index is 0.503. The van der Waals surface area contributed by atoms with Crippen LogP contribution in [0.5, 0.6) is 0 Å². The average Bonchev–Trinajstić information content (AvgIpc) is 2.09. The number of nitrogen functional groups attached to an aromatic ring is 1. The van der Waals surface area contributed by atoms with Gasteiger partial charge in [0.05, 0.1) is 23.3 Å². The van der Waals surface area contributed by atoms with E-state index >= 15 is 0 Å². The number of rotatable bonds is 0. The van der Waals surface area contributed by atoms with Gasteiger partial charge in [-0.1, -0.05) is 0 Å². The van der Waals surface area contributed by atoms with Crippen molar-refractivity contribution in [3.8, 4) is 0 Å². The Balaban J connectivity index is 2.89. The van der Waals surface area contributed by atoms with Crippen LogP contribution in [0.15, 0.2) is 6.20 Å². The summed E-state index contributed by atoms with van der Waals surface area (Å²) >= 11 is 0. The highest BCUT2D eigenvalue weighted by Crippen LogP contribution is 2.14. The molecule has 0 atom stereocenters. The molecule has 0 amide bonds. The lowest BCUT2D eigenvalue weighted by molar-refractivity contribution is 1.01. The number of anilines is 1. The zero-order valence-corrected chi connectivity index (χ0v) is 7.44. The first kappa shape index (κ1) is 7.85. The van der Waals surface area contributed by atoms with Gasteiger partial charge in [0.25, 0.3) is 0 Å². The number of nitrogens with zero attached hydrogens (tertiary/aromatic N) is 4. The summed E-state index contributed by atoms with van der Waals surface area (Å²) in [7, 11) is 0. The number of nitrogens with two attached hydrogens (primary N) is 1. The summed E-state index contributed by atoms with van der Waals surface area (Å²) in [5.74, 6) is 0. The molecule has 0 unspecified atom stereocenters. The fourth-order valence-corrected chi connectivity index (χ4v) is 1.06. The Morgan fingerprint density at radius 2 is 1.85 bits per heavy atom. The second kappa shape index (κ2) is 2.62. The molecule has 0 aliphatic heterocycles. The van der Waals surface area contributed by atoms with Crippen molar-refractivity contribution in [3.63, 3.8) is 0 Å². The third kappa shape index (κ3) is 1.18. The molecule has 0 aliphatic rings. The first-order chi connectivity index (χ1) is 6.18. The quantitative estimate of drug-likeness (QED) is 0.635. The lowest BCUT2D eigenvalue weighted by Crippen LogP contribution is -2.00. The van der Waals surface area contributed by atoms with Gasteiger partial charge in [-0.05, 0) is 13.8 Å². The molecular formula is C8H9N5. The Morgan fingerprint density at radius 3 is 2.62 bits per heavy atom. The molecule has 0 aliphatic carbocycles. The van der Waals surface area contributed by atoms with Crippen molar-refractivity contribution in [2.24, 2.45) is 0 Å². The van der Waals surface area contributed by atoms with Crippen LogP contribution in [0.4, 0.5) is 5.69 Å². The summed E-state index contributed by atoms with van der Waals surface area (Å²) < 4.78 is 0. The van der Waals surface area contributed by atoms with Crippen molar-refractivity contribution in [2.75, 3.05) is 5.73 Å². The maximum absolute atomic E-state index is 5.67. The van der Waals surface area contributed by atoms with E-state index in [2.05, 4.69) is 20.2 Å². The van der Waals surface area contributed by atoms with Crippen molar-refractivity contribution in [1.82, 2.24) is 20.2 Å². The average molecular weight is 175 g/mol. The summed E-state index contributed by atoms with van der Waals surface area (Å²) in [4.78, 5) is 8.50. The van der Waals surface area contributed by atoms with Gasteiger partial charge in [0.1, 0.15) is 5.52 Å². The Morgan fingerprint density at radius 1 is 1.15 bits per heavy atom. The van der Waals surface area contributed by atoms with Crippen LogP contribution in [0.1, 0.15) is 11.4 Å². The molecule has 2 heterocycles. The summed E-state index contributed by atoms with van der Waals surface area (Å²) in [5, 5.41) is 7.55. The van der Waals surface area contributed by atoms with Crippen LogP contribution < -0.4 is 5.73 Å². The molecule has 2 aromatic rings. The molecule has 13 heavy (non-hydrogen) atoms. The predicted molar refractivity (Wildman–Crippen MR) is 49.0 cm³/mol. The van der Waals surface area contributed by atoms with Crippen molar-refractivity contribution in [1.29, 1.82) is 0 Å². The first-order valence-electron chi connectivity index (χ1n) is 3.90. The zero-order chi connectivity index (χ0) is 9.42. The maximum atomic E-state index is 5.67. The van der Waals surface area contributed by atoms with Crippen molar-refractivity contribution in [2.45, 2.75) is 13.8 Å². The zero-order valence-electron chi connectivity index (χ0n) is 7.44. The van der Waals surface area contributed by atoms with E-state index in [4.69, 9.17) is 5.73 Å². The Labute approximate surface area is 75.0 Å². The van der Waals surface area contributed by atoms with E-state index in [0.29, 0.717) is 16.9 Å². The van der Waals surface area contributed by atoms with E-state index < -0.39 is 0 Å². The van der Waals surface area contributed by atoms with Gasteiger partial charge in [0.15, 0.2) is 0 Å². The SMILES string of the molecule is Cc1nc2nncc(N)c2nc1C. The molecule has 0 saturated heterocycles. The fraction of sp³-hybridized carbons (Fsp3) is 0.250. The lowest BCUT2D eigenvalue weighted by atomic mass is 10.3. The van der Waals surface area contributed by atoms with E-state index in [1.54, 1.807) is 0 Å². The van der Waals surface area contributed by atoms with E-state index in [0.717, 1.165) is 11.4 Å².